The molecule has 0 atom stereocenters. The molecule has 0 saturated heterocycles. The molecule has 0 radical (unpaired) electrons. The van der Waals surface area contributed by atoms with Crippen LogP contribution in [0.3, 0.4) is 0 Å². The summed E-state index contributed by atoms with van der Waals surface area (Å²) in [5.41, 5.74) is 1.67. The van der Waals surface area contributed by atoms with E-state index in [0.717, 1.165) is 12.0 Å². The number of hydrogen-bond donors (Lipinski definition) is 4. The highest BCUT2D eigenvalue weighted by Gasteiger charge is 2.06. The van der Waals surface area contributed by atoms with Gasteiger partial charge in [-0.05, 0) is 31.0 Å². The van der Waals surface area contributed by atoms with Gasteiger partial charge in [0.05, 0.1) is 5.75 Å². The predicted octanol–water partition coefficient (Wildman–Crippen LogP) is 0.311. The molecule has 0 fully saturated rings. The summed E-state index contributed by atoms with van der Waals surface area (Å²) in [5, 5.41) is 8.80. The zero-order valence-corrected chi connectivity index (χ0v) is 18.5. The van der Waals surface area contributed by atoms with E-state index < -0.39 is 10.0 Å². The molecule has 4 N–H and O–H groups in total. The van der Waals surface area contributed by atoms with Gasteiger partial charge in [0.1, 0.15) is 0 Å². The van der Waals surface area contributed by atoms with Gasteiger partial charge in [-0.3, -0.25) is 9.79 Å². The summed E-state index contributed by atoms with van der Waals surface area (Å²) >= 11 is 0. The summed E-state index contributed by atoms with van der Waals surface area (Å²) in [6, 6.07) is 7.44. The van der Waals surface area contributed by atoms with Crippen LogP contribution in [0.4, 0.5) is 0 Å². The van der Waals surface area contributed by atoms with Crippen LogP contribution < -0.4 is 20.7 Å². The van der Waals surface area contributed by atoms with Gasteiger partial charge in [0.15, 0.2) is 5.96 Å². The SMILES string of the molecule is CCS(=O)(=O)NCCNC(=NC)NCCc1cccc(C(=O)NC)c1.I. The molecule has 1 aromatic carbocycles. The van der Waals surface area contributed by atoms with Crippen molar-refractivity contribution in [2.45, 2.75) is 13.3 Å². The number of amides is 1. The number of benzene rings is 1. The Hall–Kier alpha value is -1.40. The molecule has 1 aromatic rings. The Kier molecular flexibility index (Phi) is 12.2. The van der Waals surface area contributed by atoms with Gasteiger partial charge in [-0.1, -0.05) is 12.1 Å². The lowest BCUT2D eigenvalue weighted by atomic mass is 10.1. The molecule has 0 aliphatic rings. The lowest BCUT2D eigenvalue weighted by Gasteiger charge is -2.12. The van der Waals surface area contributed by atoms with Crippen molar-refractivity contribution in [1.29, 1.82) is 0 Å². The summed E-state index contributed by atoms with van der Waals surface area (Å²) in [6.07, 6.45) is 0.730. The third-order valence-corrected chi connectivity index (χ3v) is 4.87. The number of carbonyl (C=O) groups is 1. The molecule has 0 aliphatic heterocycles. The van der Waals surface area contributed by atoms with Crippen LogP contribution in [-0.2, 0) is 16.4 Å². The summed E-state index contributed by atoms with van der Waals surface area (Å²) < 4.78 is 25.1. The molecule has 0 aromatic heterocycles. The van der Waals surface area contributed by atoms with E-state index in [4.69, 9.17) is 0 Å². The molecule has 0 saturated carbocycles. The first-order chi connectivity index (χ1) is 11.9. The fraction of sp³-hybridized carbons (Fsp3) is 0.500. The van der Waals surface area contributed by atoms with Crippen LogP contribution in [0.25, 0.3) is 0 Å². The van der Waals surface area contributed by atoms with Crippen LogP contribution in [0.2, 0.25) is 0 Å². The molecule has 10 heteroatoms. The lowest BCUT2D eigenvalue weighted by molar-refractivity contribution is 0.0963. The van der Waals surface area contributed by atoms with Crippen molar-refractivity contribution in [2.75, 3.05) is 39.5 Å². The molecule has 0 heterocycles. The standard InChI is InChI=1S/C16H27N5O3S.HI/c1-4-25(23,24)21-11-10-20-16(18-3)19-9-8-13-6-5-7-14(12-13)15(22)17-2;/h5-7,12,21H,4,8-11H2,1-3H3,(H,17,22)(H2,18,19,20);1H. The predicted molar refractivity (Wildman–Crippen MR) is 116 cm³/mol. The number of hydrogen-bond acceptors (Lipinski definition) is 4. The van der Waals surface area contributed by atoms with Crippen molar-refractivity contribution in [2.24, 2.45) is 4.99 Å². The average Bonchev–Trinajstić information content (AvgIpc) is 2.63. The fourth-order valence-electron chi connectivity index (χ4n) is 2.05. The maximum atomic E-state index is 11.6. The van der Waals surface area contributed by atoms with E-state index in [1.807, 2.05) is 18.2 Å². The van der Waals surface area contributed by atoms with Crippen LogP contribution in [-0.4, -0.2) is 59.8 Å². The Labute approximate surface area is 172 Å². The maximum Gasteiger partial charge on any atom is 0.251 e. The number of halogens is 1. The Morgan fingerprint density at radius 1 is 1.15 bits per heavy atom. The summed E-state index contributed by atoms with van der Waals surface area (Å²) in [7, 11) is 0.0811. The van der Waals surface area contributed by atoms with Gasteiger partial charge < -0.3 is 16.0 Å². The van der Waals surface area contributed by atoms with Crippen molar-refractivity contribution in [3.05, 3.63) is 35.4 Å². The minimum absolute atomic E-state index is 0. The molecule has 0 spiro atoms. The number of rotatable bonds is 9. The normalized spacial score (nSPS) is 11.4. The molecule has 26 heavy (non-hydrogen) atoms. The number of aliphatic imine (C=N–C) groups is 1. The largest absolute Gasteiger partial charge is 0.356 e. The van der Waals surface area contributed by atoms with E-state index in [0.29, 0.717) is 31.2 Å². The highest BCUT2D eigenvalue weighted by molar-refractivity contribution is 14.0. The average molecular weight is 497 g/mol. The first-order valence-electron chi connectivity index (χ1n) is 8.14. The van der Waals surface area contributed by atoms with Gasteiger partial charge in [0.25, 0.3) is 5.91 Å². The molecule has 1 rings (SSSR count). The summed E-state index contributed by atoms with van der Waals surface area (Å²) in [5.74, 6) is 0.551. The monoisotopic (exact) mass is 497 g/mol. The minimum Gasteiger partial charge on any atom is -0.356 e. The second-order valence-electron chi connectivity index (χ2n) is 5.25. The number of nitrogens with one attached hydrogen (secondary N) is 4. The zero-order valence-electron chi connectivity index (χ0n) is 15.3. The first kappa shape index (κ1) is 24.6. The third-order valence-electron chi connectivity index (χ3n) is 3.47. The number of guanidine groups is 1. The Morgan fingerprint density at radius 2 is 1.85 bits per heavy atom. The van der Waals surface area contributed by atoms with Crippen molar-refractivity contribution in [3.8, 4) is 0 Å². The van der Waals surface area contributed by atoms with Crippen molar-refractivity contribution in [1.82, 2.24) is 20.7 Å². The van der Waals surface area contributed by atoms with E-state index in [2.05, 4.69) is 25.7 Å². The van der Waals surface area contributed by atoms with Crippen LogP contribution in [0.1, 0.15) is 22.8 Å². The molecule has 0 aliphatic carbocycles. The van der Waals surface area contributed by atoms with Crippen molar-refractivity contribution >= 4 is 45.9 Å². The quantitative estimate of drug-likeness (QED) is 0.170. The Balaban J connectivity index is 0.00000625. The maximum absolute atomic E-state index is 11.6. The van der Waals surface area contributed by atoms with E-state index >= 15 is 0 Å². The van der Waals surface area contributed by atoms with E-state index in [9.17, 15) is 13.2 Å². The second-order valence-corrected chi connectivity index (χ2v) is 7.35. The van der Waals surface area contributed by atoms with E-state index in [-0.39, 0.29) is 35.6 Å². The number of sulfonamides is 1. The van der Waals surface area contributed by atoms with Crippen molar-refractivity contribution < 1.29 is 13.2 Å². The molecule has 8 nitrogen and oxygen atoms in total. The molecule has 0 bridgehead atoms. The third kappa shape index (κ3) is 9.34. The topological polar surface area (TPSA) is 112 Å². The van der Waals surface area contributed by atoms with Crippen LogP contribution in [0.15, 0.2) is 29.3 Å². The molecular weight excluding hydrogens is 469 g/mol. The van der Waals surface area contributed by atoms with Gasteiger partial charge in [0.2, 0.25) is 10.0 Å². The van der Waals surface area contributed by atoms with Gasteiger partial charge in [-0.15, -0.1) is 24.0 Å². The summed E-state index contributed by atoms with van der Waals surface area (Å²) in [4.78, 5) is 15.7. The minimum atomic E-state index is -3.17. The van der Waals surface area contributed by atoms with Crippen LogP contribution in [0.5, 0.6) is 0 Å². The molecule has 1 amide bonds. The van der Waals surface area contributed by atoms with Gasteiger partial charge in [-0.25, -0.2) is 13.1 Å². The fourth-order valence-corrected chi connectivity index (χ4v) is 2.66. The Bertz CT molecular complexity index is 695. The van der Waals surface area contributed by atoms with Gasteiger partial charge in [-0.2, -0.15) is 0 Å². The zero-order chi connectivity index (χ0) is 18.7. The van der Waals surface area contributed by atoms with Crippen LogP contribution >= 0.6 is 24.0 Å². The first-order valence-corrected chi connectivity index (χ1v) is 9.80. The highest BCUT2D eigenvalue weighted by atomic mass is 127. The second kappa shape index (κ2) is 12.9. The van der Waals surface area contributed by atoms with E-state index in [1.54, 1.807) is 27.1 Å². The smallest absolute Gasteiger partial charge is 0.251 e. The molecule has 0 unspecified atom stereocenters. The Morgan fingerprint density at radius 3 is 2.46 bits per heavy atom. The lowest BCUT2D eigenvalue weighted by Crippen LogP contribution is -2.42. The summed E-state index contributed by atoms with van der Waals surface area (Å²) in [6.45, 7) is 2.96. The highest BCUT2D eigenvalue weighted by Crippen LogP contribution is 2.05. The van der Waals surface area contributed by atoms with Gasteiger partial charge in [0, 0.05) is 39.3 Å². The van der Waals surface area contributed by atoms with E-state index in [1.165, 1.54) is 0 Å². The van der Waals surface area contributed by atoms with Gasteiger partial charge >= 0.3 is 0 Å². The van der Waals surface area contributed by atoms with Crippen LogP contribution in [0, 0.1) is 0 Å². The molecule has 148 valence electrons. The number of nitrogens with zero attached hydrogens (tertiary/aromatic N) is 1. The van der Waals surface area contributed by atoms with Crippen molar-refractivity contribution in [3.63, 3.8) is 0 Å². The number of carbonyl (C=O) groups excluding carboxylic acids is 1. The molecular formula is C16H28IN5O3S.